The normalized spacial score (nSPS) is 11.5. The minimum atomic E-state index is -4.22. The van der Waals surface area contributed by atoms with Crippen LogP contribution in [0.15, 0.2) is 65.6 Å². The van der Waals surface area contributed by atoms with E-state index in [2.05, 4.69) is 5.10 Å². The molecule has 0 unspecified atom stereocenters. The van der Waals surface area contributed by atoms with Gasteiger partial charge in [-0.25, -0.2) is 4.79 Å². The standard InChI is InChI=1S/C21H13Cl2N3O6S/c1-12-5-8-14(9-6-12)33(30,31)25-18-10-7-13(26(28)29)11-15(18)20(24-25)32-21(27)19-16(22)3-2-4-17(19)23/h2-11H,1H3. The van der Waals surface area contributed by atoms with Crippen molar-refractivity contribution in [1.82, 2.24) is 9.19 Å². The van der Waals surface area contributed by atoms with Gasteiger partial charge in [0.2, 0.25) is 0 Å². The van der Waals surface area contributed by atoms with Crippen LogP contribution in [0.5, 0.6) is 5.88 Å². The molecule has 33 heavy (non-hydrogen) atoms. The molecule has 3 aromatic carbocycles. The molecule has 0 saturated carbocycles. The third kappa shape index (κ3) is 4.15. The monoisotopic (exact) mass is 505 g/mol. The van der Waals surface area contributed by atoms with E-state index < -0.39 is 26.8 Å². The highest BCUT2D eigenvalue weighted by atomic mass is 35.5. The van der Waals surface area contributed by atoms with E-state index in [-0.39, 0.29) is 37.1 Å². The Hall–Kier alpha value is -3.47. The van der Waals surface area contributed by atoms with Gasteiger partial charge in [-0.2, -0.15) is 8.42 Å². The number of aromatic nitrogens is 2. The van der Waals surface area contributed by atoms with Crippen LogP contribution < -0.4 is 4.74 Å². The van der Waals surface area contributed by atoms with Crippen molar-refractivity contribution in [3.8, 4) is 5.88 Å². The van der Waals surface area contributed by atoms with Gasteiger partial charge in [-0.1, -0.05) is 47.0 Å². The van der Waals surface area contributed by atoms with E-state index >= 15 is 0 Å². The highest BCUT2D eigenvalue weighted by Crippen LogP contribution is 2.33. The summed E-state index contributed by atoms with van der Waals surface area (Å²) in [5.74, 6) is -1.46. The fourth-order valence-corrected chi connectivity index (χ4v) is 4.90. The van der Waals surface area contributed by atoms with Gasteiger partial charge in [-0.3, -0.25) is 10.1 Å². The van der Waals surface area contributed by atoms with Crippen molar-refractivity contribution in [3.05, 3.63) is 92.0 Å². The maximum atomic E-state index is 13.2. The van der Waals surface area contributed by atoms with E-state index in [0.29, 0.717) is 4.09 Å². The zero-order valence-electron chi connectivity index (χ0n) is 16.7. The van der Waals surface area contributed by atoms with Gasteiger partial charge in [-0.05, 0) is 37.3 Å². The van der Waals surface area contributed by atoms with Crippen LogP contribution in [0.4, 0.5) is 5.69 Å². The fraction of sp³-hybridized carbons (Fsp3) is 0.0476. The predicted octanol–water partition coefficient (Wildman–Crippen LogP) is 5.02. The molecule has 0 aliphatic carbocycles. The molecule has 0 aliphatic heterocycles. The van der Waals surface area contributed by atoms with E-state index in [4.69, 9.17) is 27.9 Å². The highest BCUT2D eigenvalue weighted by Gasteiger charge is 2.27. The number of non-ortho nitro benzene ring substituents is 1. The van der Waals surface area contributed by atoms with E-state index in [1.54, 1.807) is 19.1 Å². The molecule has 9 nitrogen and oxygen atoms in total. The summed E-state index contributed by atoms with van der Waals surface area (Å²) in [6.45, 7) is 1.80. The second-order valence-corrected chi connectivity index (χ2v) is 9.49. The topological polar surface area (TPSA) is 121 Å². The summed E-state index contributed by atoms with van der Waals surface area (Å²) in [6, 6.07) is 13.8. The number of carbonyl (C=O) groups excluding carboxylic acids is 1. The number of ether oxygens (including phenoxy) is 1. The molecular formula is C21H13Cl2N3O6S. The van der Waals surface area contributed by atoms with Crippen LogP contribution in [0, 0.1) is 17.0 Å². The van der Waals surface area contributed by atoms with Crippen molar-refractivity contribution >= 4 is 55.8 Å². The van der Waals surface area contributed by atoms with E-state index in [9.17, 15) is 23.3 Å². The smallest absolute Gasteiger partial charge is 0.347 e. The molecule has 0 radical (unpaired) electrons. The molecule has 0 fully saturated rings. The molecule has 0 bridgehead atoms. The largest absolute Gasteiger partial charge is 0.401 e. The van der Waals surface area contributed by atoms with Gasteiger partial charge >= 0.3 is 5.97 Å². The summed E-state index contributed by atoms with van der Waals surface area (Å²) in [5.41, 5.74) is 0.327. The zero-order chi connectivity index (χ0) is 23.9. The molecule has 4 aromatic rings. The lowest BCUT2D eigenvalue weighted by molar-refractivity contribution is -0.384. The van der Waals surface area contributed by atoms with E-state index in [1.165, 1.54) is 36.4 Å². The van der Waals surface area contributed by atoms with Crippen molar-refractivity contribution in [2.75, 3.05) is 0 Å². The van der Waals surface area contributed by atoms with Crippen LogP contribution in [0.25, 0.3) is 10.9 Å². The number of hydrogen-bond donors (Lipinski definition) is 0. The van der Waals surface area contributed by atoms with Gasteiger partial charge in [0.25, 0.3) is 21.6 Å². The summed E-state index contributed by atoms with van der Waals surface area (Å²) in [6.07, 6.45) is 0. The summed E-state index contributed by atoms with van der Waals surface area (Å²) in [5, 5.41) is 15.2. The van der Waals surface area contributed by atoms with E-state index in [0.717, 1.165) is 17.7 Å². The first-order chi connectivity index (χ1) is 15.6. The summed E-state index contributed by atoms with van der Waals surface area (Å²) < 4.78 is 32.5. The first-order valence-corrected chi connectivity index (χ1v) is 11.4. The zero-order valence-corrected chi connectivity index (χ0v) is 19.1. The number of nitro groups is 1. The summed E-state index contributed by atoms with van der Waals surface area (Å²) >= 11 is 12.1. The van der Waals surface area contributed by atoms with Crippen LogP contribution in [0.1, 0.15) is 15.9 Å². The van der Waals surface area contributed by atoms with Crippen LogP contribution in [-0.4, -0.2) is 28.5 Å². The second kappa shape index (κ2) is 8.47. The highest BCUT2D eigenvalue weighted by molar-refractivity contribution is 7.90. The number of nitro benzene ring substituents is 1. The molecule has 12 heteroatoms. The lowest BCUT2D eigenvalue weighted by atomic mass is 10.2. The number of hydrogen-bond acceptors (Lipinski definition) is 7. The minimum Gasteiger partial charge on any atom is -0.401 e. The lowest BCUT2D eigenvalue weighted by Crippen LogP contribution is -2.15. The average Bonchev–Trinajstić information content (AvgIpc) is 3.12. The first kappa shape index (κ1) is 22.7. The van der Waals surface area contributed by atoms with Crippen LogP contribution >= 0.6 is 23.2 Å². The third-order valence-corrected chi connectivity index (χ3v) is 6.94. The molecule has 0 aliphatic rings. The Morgan fingerprint density at radius 3 is 2.30 bits per heavy atom. The van der Waals surface area contributed by atoms with Gasteiger partial charge in [0.1, 0.15) is 0 Å². The van der Waals surface area contributed by atoms with E-state index in [1.807, 2.05) is 0 Å². The van der Waals surface area contributed by atoms with Gasteiger partial charge in [0.15, 0.2) is 0 Å². The van der Waals surface area contributed by atoms with Crippen LogP contribution in [0.2, 0.25) is 10.0 Å². The van der Waals surface area contributed by atoms with Crippen molar-refractivity contribution in [1.29, 1.82) is 0 Å². The number of rotatable bonds is 5. The summed E-state index contributed by atoms with van der Waals surface area (Å²) in [7, 11) is -4.22. The van der Waals surface area contributed by atoms with Crippen molar-refractivity contribution in [2.24, 2.45) is 0 Å². The molecule has 0 saturated heterocycles. The fourth-order valence-electron chi connectivity index (χ4n) is 3.07. The number of halogens is 2. The SMILES string of the molecule is Cc1ccc(S(=O)(=O)n2nc(OC(=O)c3c(Cl)cccc3Cl)c3cc([N+](=O)[O-])ccc32)cc1. The Morgan fingerprint density at radius 2 is 1.70 bits per heavy atom. The van der Waals surface area contributed by atoms with Gasteiger partial charge in [-0.15, -0.1) is 9.19 Å². The number of aryl methyl sites for hydroxylation is 1. The molecule has 1 heterocycles. The van der Waals surface area contributed by atoms with Gasteiger partial charge < -0.3 is 4.74 Å². The lowest BCUT2D eigenvalue weighted by Gasteiger charge is -2.06. The quantitative estimate of drug-likeness (QED) is 0.212. The number of benzene rings is 3. The molecule has 0 atom stereocenters. The Bertz CT molecular complexity index is 1510. The van der Waals surface area contributed by atoms with Crippen molar-refractivity contribution < 1.29 is 22.9 Å². The Labute approximate surface area is 197 Å². The molecular weight excluding hydrogens is 493 g/mol. The molecule has 0 N–H and O–H groups in total. The Balaban J connectivity index is 1.89. The number of fused-ring (bicyclic) bond motifs is 1. The maximum absolute atomic E-state index is 13.2. The average molecular weight is 506 g/mol. The molecule has 0 amide bonds. The second-order valence-electron chi connectivity index (χ2n) is 6.91. The number of nitrogens with zero attached hydrogens (tertiary/aromatic N) is 3. The maximum Gasteiger partial charge on any atom is 0.347 e. The molecule has 1 aromatic heterocycles. The molecule has 4 rings (SSSR count). The van der Waals surface area contributed by atoms with Crippen molar-refractivity contribution in [3.63, 3.8) is 0 Å². The third-order valence-electron chi connectivity index (χ3n) is 4.71. The Morgan fingerprint density at radius 1 is 1.06 bits per heavy atom. The van der Waals surface area contributed by atoms with Crippen molar-refractivity contribution in [2.45, 2.75) is 11.8 Å². The number of esters is 1. The Kier molecular flexibility index (Phi) is 5.83. The minimum absolute atomic E-state index is 0.00879. The van der Waals surface area contributed by atoms with Crippen LogP contribution in [0.3, 0.4) is 0 Å². The van der Waals surface area contributed by atoms with Gasteiger partial charge in [0.05, 0.1) is 36.3 Å². The predicted molar refractivity (Wildman–Crippen MR) is 122 cm³/mol. The molecule has 0 spiro atoms. The van der Waals surface area contributed by atoms with Crippen LogP contribution in [-0.2, 0) is 10.0 Å². The first-order valence-electron chi connectivity index (χ1n) is 9.25. The molecule has 168 valence electrons. The number of carbonyl (C=O) groups is 1. The summed E-state index contributed by atoms with van der Waals surface area (Å²) in [4.78, 5) is 23.3. The van der Waals surface area contributed by atoms with Gasteiger partial charge in [0, 0.05) is 12.1 Å².